The van der Waals surface area contributed by atoms with Crippen molar-refractivity contribution < 1.29 is 0 Å². The van der Waals surface area contributed by atoms with Crippen molar-refractivity contribution in [3.05, 3.63) is 0 Å². The van der Waals surface area contributed by atoms with Gasteiger partial charge in [0.1, 0.15) is 0 Å². The molecule has 1 saturated heterocycles. The molecule has 1 nitrogen and oxygen atoms in total. The molecule has 0 aromatic heterocycles. The molecule has 1 heterocycles. The Morgan fingerprint density at radius 1 is 1.18 bits per heavy atom. The number of hydrogen-bond acceptors (Lipinski definition) is 1. The van der Waals surface area contributed by atoms with Gasteiger partial charge in [0.25, 0.3) is 0 Å². The van der Waals surface area contributed by atoms with Crippen LogP contribution in [0.2, 0.25) is 0 Å². The van der Waals surface area contributed by atoms with Crippen LogP contribution >= 0.6 is 0 Å². The van der Waals surface area contributed by atoms with Crippen molar-refractivity contribution in [2.45, 2.75) is 40.2 Å². The summed E-state index contributed by atoms with van der Waals surface area (Å²) >= 11 is 0. The predicted octanol–water partition coefficient (Wildman–Crippen LogP) is 2.37. The second kappa shape index (κ2) is 2.78. The molecule has 11 heavy (non-hydrogen) atoms. The maximum atomic E-state index is 2.55. The Morgan fingerprint density at radius 3 is 1.91 bits per heavy atom. The number of rotatable bonds is 1. The van der Waals surface area contributed by atoms with Crippen molar-refractivity contribution in [2.75, 3.05) is 13.1 Å². The Balaban J connectivity index is 2.30. The van der Waals surface area contributed by atoms with E-state index in [1.807, 2.05) is 0 Å². The molecule has 0 spiro atoms. The van der Waals surface area contributed by atoms with E-state index in [0.29, 0.717) is 5.54 Å². The normalized spacial score (nSPS) is 22.4. The molecule has 0 N–H and O–H groups in total. The van der Waals surface area contributed by atoms with Crippen molar-refractivity contribution in [3.63, 3.8) is 0 Å². The van der Waals surface area contributed by atoms with Crippen molar-refractivity contribution in [1.82, 2.24) is 4.90 Å². The number of hydrogen-bond donors (Lipinski definition) is 0. The molecule has 1 aliphatic heterocycles. The van der Waals surface area contributed by atoms with Crippen LogP contribution in [0.1, 0.15) is 34.6 Å². The fourth-order valence-corrected chi connectivity index (χ4v) is 1.48. The zero-order chi connectivity index (χ0) is 8.65. The third-order valence-electron chi connectivity index (χ3n) is 2.80. The van der Waals surface area contributed by atoms with Gasteiger partial charge in [-0.25, -0.2) is 0 Å². The monoisotopic (exact) mass is 155 g/mol. The summed E-state index contributed by atoms with van der Waals surface area (Å²) in [6.07, 6.45) is 0. The topological polar surface area (TPSA) is 3.24 Å². The molecule has 0 aliphatic carbocycles. The van der Waals surface area contributed by atoms with Crippen molar-refractivity contribution in [3.8, 4) is 0 Å². The molecular weight excluding hydrogens is 134 g/mol. The lowest BCUT2D eigenvalue weighted by Gasteiger charge is -2.49. The molecule has 0 amide bonds. The molecule has 1 fully saturated rings. The van der Waals surface area contributed by atoms with Crippen molar-refractivity contribution in [2.24, 2.45) is 11.8 Å². The van der Waals surface area contributed by atoms with Gasteiger partial charge in [0.2, 0.25) is 0 Å². The van der Waals surface area contributed by atoms with Crippen LogP contribution in [-0.2, 0) is 0 Å². The van der Waals surface area contributed by atoms with E-state index < -0.39 is 0 Å². The summed E-state index contributed by atoms with van der Waals surface area (Å²) in [6, 6.07) is 0. The Hall–Kier alpha value is -0.0400. The molecule has 1 rings (SSSR count). The van der Waals surface area contributed by atoms with Gasteiger partial charge in [-0.3, -0.25) is 4.90 Å². The molecule has 1 heteroatoms. The summed E-state index contributed by atoms with van der Waals surface area (Å²) < 4.78 is 0. The van der Waals surface area contributed by atoms with E-state index in [1.165, 1.54) is 13.1 Å². The molecule has 66 valence electrons. The second-order valence-electron chi connectivity index (χ2n) is 5.08. The summed E-state index contributed by atoms with van der Waals surface area (Å²) in [5.74, 6) is 1.82. The van der Waals surface area contributed by atoms with Gasteiger partial charge in [-0.05, 0) is 32.6 Å². The maximum Gasteiger partial charge on any atom is 0.0125 e. The van der Waals surface area contributed by atoms with Crippen LogP contribution < -0.4 is 0 Å². The van der Waals surface area contributed by atoms with Crippen molar-refractivity contribution in [1.29, 1.82) is 0 Å². The van der Waals surface area contributed by atoms with Crippen LogP contribution in [0, 0.1) is 11.8 Å². The minimum absolute atomic E-state index is 0.394. The number of likely N-dealkylation sites (tertiary alicyclic amines) is 1. The summed E-state index contributed by atoms with van der Waals surface area (Å²) in [4.78, 5) is 2.55. The molecule has 0 unspecified atom stereocenters. The quantitative estimate of drug-likeness (QED) is 0.562. The summed E-state index contributed by atoms with van der Waals surface area (Å²) in [6.45, 7) is 14.1. The predicted molar refractivity (Wildman–Crippen MR) is 49.7 cm³/mol. The van der Waals surface area contributed by atoms with E-state index in [-0.39, 0.29) is 0 Å². The van der Waals surface area contributed by atoms with Gasteiger partial charge in [0.05, 0.1) is 0 Å². The summed E-state index contributed by atoms with van der Waals surface area (Å²) in [5, 5.41) is 0. The van der Waals surface area contributed by atoms with E-state index >= 15 is 0 Å². The van der Waals surface area contributed by atoms with Gasteiger partial charge >= 0.3 is 0 Å². The minimum Gasteiger partial charge on any atom is -0.298 e. The van der Waals surface area contributed by atoms with Crippen LogP contribution in [0.3, 0.4) is 0 Å². The molecule has 0 aromatic rings. The molecular formula is C10H21N. The average Bonchev–Trinajstić information content (AvgIpc) is 1.51. The first-order chi connectivity index (χ1) is 4.91. The third kappa shape index (κ3) is 1.96. The molecule has 0 radical (unpaired) electrons. The SMILES string of the molecule is CC(C)C1CN(C(C)(C)C)C1. The first kappa shape index (κ1) is 9.05. The molecule has 0 aromatic carbocycles. The highest BCUT2D eigenvalue weighted by Crippen LogP contribution is 2.29. The van der Waals surface area contributed by atoms with Crippen LogP contribution in [0.25, 0.3) is 0 Å². The van der Waals surface area contributed by atoms with Gasteiger partial charge < -0.3 is 0 Å². The third-order valence-corrected chi connectivity index (χ3v) is 2.80. The second-order valence-corrected chi connectivity index (χ2v) is 5.08. The summed E-state index contributed by atoms with van der Waals surface area (Å²) in [7, 11) is 0. The van der Waals surface area contributed by atoms with Crippen LogP contribution in [0.5, 0.6) is 0 Å². The highest BCUT2D eigenvalue weighted by Gasteiger charge is 2.35. The van der Waals surface area contributed by atoms with Crippen LogP contribution in [0.15, 0.2) is 0 Å². The van der Waals surface area contributed by atoms with Gasteiger partial charge in [-0.1, -0.05) is 13.8 Å². The first-order valence-corrected chi connectivity index (χ1v) is 4.66. The van der Waals surface area contributed by atoms with E-state index in [2.05, 4.69) is 39.5 Å². The highest BCUT2D eigenvalue weighted by atomic mass is 15.2. The van der Waals surface area contributed by atoms with Gasteiger partial charge in [-0.2, -0.15) is 0 Å². The van der Waals surface area contributed by atoms with E-state index in [4.69, 9.17) is 0 Å². The molecule has 0 bridgehead atoms. The largest absolute Gasteiger partial charge is 0.298 e. The average molecular weight is 155 g/mol. The Bertz CT molecular complexity index is 126. The zero-order valence-corrected chi connectivity index (χ0v) is 8.52. The summed E-state index contributed by atoms with van der Waals surface area (Å²) in [5.41, 5.74) is 0.394. The fourth-order valence-electron chi connectivity index (χ4n) is 1.48. The van der Waals surface area contributed by atoms with E-state index in [1.54, 1.807) is 0 Å². The fraction of sp³-hybridized carbons (Fsp3) is 1.00. The standard InChI is InChI=1S/C10H21N/c1-8(2)9-6-11(7-9)10(3,4)5/h8-9H,6-7H2,1-5H3. The smallest absolute Gasteiger partial charge is 0.0125 e. The van der Waals surface area contributed by atoms with Crippen LogP contribution in [0.4, 0.5) is 0 Å². The number of nitrogens with zero attached hydrogens (tertiary/aromatic N) is 1. The maximum absolute atomic E-state index is 2.55. The lowest BCUT2D eigenvalue weighted by atomic mass is 9.85. The Kier molecular flexibility index (Phi) is 2.29. The zero-order valence-electron chi connectivity index (χ0n) is 8.52. The van der Waals surface area contributed by atoms with E-state index in [9.17, 15) is 0 Å². The van der Waals surface area contributed by atoms with Gasteiger partial charge in [0.15, 0.2) is 0 Å². The lowest BCUT2D eigenvalue weighted by molar-refractivity contribution is -0.00597. The highest BCUT2D eigenvalue weighted by molar-refractivity contribution is 4.89. The van der Waals surface area contributed by atoms with E-state index in [0.717, 1.165) is 11.8 Å². The Labute approximate surface area is 70.8 Å². The minimum atomic E-state index is 0.394. The molecule has 1 aliphatic rings. The van der Waals surface area contributed by atoms with Crippen molar-refractivity contribution >= 4 is 0 Å². The first-order valence-electron chi connectivity index (χ1n) is 4.66. The lowest BCUT2D eigenvalue weighted by Crippen LogP contribution is -2.57. The molecule has 0 saturated carbocycles. The van der Waals surface area contributed by atoms with Gasteiger partial charge in [-0.15, -0.1) is 0 Å². The van der Waals surface area contributed by atoms with Crippen LogP contribution in [-0.4, -0.2) is 23.5 Å². The molecule has 0 atom stereocenters. The van der Waals surface area contributed by atoms with Gasteiger partial charge in [0, 0.05) is 18.6 Å². The Morgan fingerprint density at radius 2 is 1.64 bits per heavy atom.